The molecular formula is C14H10FNO3. The zero-order valence-electron chi connectivity index (χ0n) is 9.84. The van der Waals surface area contributed by atoms with E-state index < -0.39 is 5.97 Å². The number of aromatic nitrogens is 1. The van der Waals surface area contributed by atoms with Crippen molar-refractivity contribution in [2.75, 3.05) is 0 Å². The fourth-order valence-electron chi connectivity index (χ4n) is 2.10. The predicted octanol–water partition coefficient (Wildman–Crippen LogP) is 3.12. The normalized spacial score (nSPS) is 11.0. The topological polar surface area (TPSA) is 55.4 Å². The van der Waals surface area contributed by atoms with Gasteiger partial charge in [0.15, 0.2) is 0 Å². The van der Waals surface area contributed by atoms with Crippen LogP contribution in [0.1, 0.15) is 16.1 Å². The van der Waals surface area contributed by atoms with Gasteiger partial charge in [-0.25, -0.2) is 9.18 Å². The van der Waals surface area contributed by atoms with Crippen molar-refractivity contribution in [2.24, 2.45) is 0 Å². The first-order chi connectivity index (χ1) is 9.15. The number of rotatable bonds is 3. The summed E-state index contributed by atoms with van der Waals surface area (Å²) in [6, 6.07) is 7.74. The molecule has 4 nitrogen and oxygen atoms in total. The van der Waals surface area contributed by atoms with Gasteiger partial charge in [0, 0.05) is 6.20 Å². The summed E-state index contributed by atoms with van der Waals surface area (Å²) in [4.78, 5) is 11.0. The van der Waals surface area contributed by atoms with E-state index in [2.05, 4.69) is 0 Å². The second-order valence-electron chi connectivity index (χ2n) is 4.21. The number of hydrogen-bond acceptors (Lipinski definition) is 2. The summed E-state index contributed by atoms with van der Waals surface area (Å²) in [5, 5.41) is 9.90. The van der Waals surface area contributed by atoms with E-state index in [0.29, 0.717) is 11.3 Å². The van der Waals surface area contributed by atoms with E-state index in [1.54, 1.807) is 16.8 Å². The SMILES string of the molecule is O=C(O)c1ccoc1Cn1ccc2ccc(F)cc21. The van der Waals surface area contributed by atoms with Crippen molar-refractivity contribution in [1.29, 1.82) is 0 Å². The maximum Gasteiger partial charge on any atom is 0.339 e. The minimum atomic E-state index is -1.04. The molecule has 0 aliphatic rings. The van der Waals surface area contributed by atoms with Gasteiger partial charge in [-0.3, -0.25) is 0 Å². The molecule has 0 saturated carbocycles. The van der Waals surface area contributed by atoms with Crippen molar-refractivity contribution in [3.05, 3.63) is 59.9 Å². The molecule has 2 heterocycles. The lowest BCUT2D eigenvalue weighted by molar-refractivity contribution is 0.0694. The number of halogens is 1. The second kappa shape index (κ2) is 4.28. The number of hydrogen-bond donors (Lipinski definition) is 1. The Morgan fingerprint density at radius 2 is 2.16 bits per heavy atom. The zero-order valence-corrected chi connectivity index (χ0v) is 9.84. The van der Waals surface area contributed by atoms with Crippen LogP contribution in [0.3, 0.4) is 0 Å². The fourth-order valence-corrected chi connectivity index (χ4v) is 2.10. The van der Waals surface area contributed by atoms with Crippen molar-refractivity contribution in [2.45, 2.75) is 6.54 Å². The first-order valence-electron chi connectivity index (χ1n) is 5.69. The van der Waals surface area contributed by atoms with Crippen LogP contribution in [0.15, 0.2) is 47.2 Å². The highest BCUT2D eigenvalue weighted by molar-refractivity contribution is 5.88. The van der Waals surface area contributed by atoms with Gasteiger partial charge in [0.05, 0.1) is 18.3 Å². The van der Waals surface area contributed by atoms with Crippen LogP contribution in [-0.4, -0.2) is 15.6 Å². The molecule has 3 aromatic rings. The number of carboxylic acids is 1. The summed E-state index contributed by atoms with van der Waals surface area (Å²) in [7, 11) is 0. The van der Waals surface area contributed by atoms with E-state index in [1.165, 1.54) is 24.5 Å². The summed E-state index contributed by atoms with van der Waals surface area (Å²) in [5.74, 6) is -1.02. The third kappa shape index (κ3) is 1.99. The van der Waals surface area contributed by atoms with Gasteiger partial charge >= 0.3 is 5.97 Å². The minimum Gasteiger partial charge on any atom is -0.478 e. The average molecular weight is 259 g/mol. The van der Waals surface area contributed by atoms with E-state index in [0.717, 1.165) is 5.39 Å². The van der Waals surface area contributed by atoms with Gasteiger partial charge in [-0.1, -0.05) is 0 Å². The lowest BCUT2D eigenvalue weighted by Crippen LogP contribution is -2.03. The second-order valence-corrected chi connectivity index (χ2v) is 4.21. The van der Waals surface area contributed by atoms with Crippen LogP contribution in [0.5, 0.6) is 0 Å². The van der Waals surface area contributed by atoms with Crippen LogP contribution in [-0.2, 0) is 6.54 Å². The highest BCUT2D eigenvalue weighted by Gasteiger charge is 2.14. The number of furan rings is 1. The maximum absolute atomic E-state index is 13.2. The molecule has 0 unspecified atom stereocenters. The molecule has 2 aromatic heterocycles. The van der Waals surface area contributed by atoms with Crippen LogP contribution in [0.4, 0.5) is 4.39 Å². The Balaban J connectivity index is 2.03. The molecule has 0 bridgehead atoms. The highest BCUT2D eigenvalue weighted by atomic mass is 19.1. The van der Waals surface area contributed by atoms with E-state index in [9.17, 15) is 9.18 Å². The molecule has 0 radical (unpaired) electrons. The molecule has 96 valence electrons. The number of carboxylic acid groups (broad SMARTS) is 1. The molecule has 0 aliphatic heterocycles. The minimum absolute atomic E-state index is 0.123. The highest BCUT2D eigenvalue weighted by Crippen LogP contribution is 2.20. The molecule has 3 rings (SSSR count). The van der Waals surface area contributed by atoms with Gasteiger partial charge in [0.25, 0.3) is 0 Å². The molecule has 0 aliphatic carbocycles. The van der Waals surface area contributed by atoms with E-state index >= 15 is 0 Å². The Hall–Kier alpha value is -2.56. The van der Waals surface area contributed by atoms with Crippen molar-refractivity contribution in [3.8, 4) is 0 Å². The maximum atomic E-state index is 13.2. The Labute approximate surface area is 107 Å². The number of nitrogens with zero attached hydrogens (tertiary/aromatic N) is 1. The third-order valence-corrected chi connectivity index (χ3v) is 3.03. The van der Waals surface area contributed by atoms with Gasteiger partial charge in [-0.05, 0) is 35.7 Å². The largest absolute Gasteiger partial charge is 0.478 e. The molecule has 0 spiro atoms. The summed E-state index contributed by atoms with van der Waals surface area (Å²) in [5.41, 5.74) is 0.825. The van der Waals surface area contributed by atoms with Gasteiger partial charge < -0.3 is 14.1 Å². The number of fused-ring (bicyclic) bond motifs is 1. The summed E-state index contributed by atoms with van der Waals surface area (Å²) in [6.07, 6.45) is 3.11. The summed E-state index contributed by atoms with van der Waals surface area (Å²) >= 11 is 0. The quantitative estimate of drug-likeness (QED) is 0.786. The van der Waals surface area contributed by atoms with Gasteiger partial charge in [-0.2, -0.15) is 0 Å². The standard InChI is InChI=1S/C14H10FNO3/c15-10-2-1-9-3-5-16(12(9)7-10)8-13-11(14(17)18)4-6-19-13/h1-7H,8H2,(H,17,18). The van der Waals surface area contributed by atoms with Crippen LogP contribution < -0.4 is 0 Å². The van der Waals surface area contributed by atoms with Crippen LogP contribution in [0.25, 0.3) is 10.9 Å². The van der Waals surface area contributed by atoms with Gasteiger partial charge in [0.1, 0.15) is 17.1 Å². The molecule has 0 atom stereocenters. The summed E-state index contributed by atoms with van der Waals surface area (Å²) in [6.45, 7) is 0.252. The zero-order chi connectivity index (χ0) is 13.4. The lowest BCUT2D eigenvalue weighted by atomic mass is 10.2. The van der Waals surface area contributed by atoms with Crippen molar-refractivity contribution in [1.82, 2.24) is 4.57 Å². The lowest BCUT2D eigenvalue weighted by Gasteiger charge is -2.04. The molecule has 0 fully saturated rings. The Kier molecular flexibility index (Phi) is 2.59. The van der Waals surface area contributed by atoms with Crippen LogP contribution >= 0.6 is 0 Å². The molecule has 19 heavy (non-hydrogen) atoms. The summed E-state index contributed by atoms with van der Waals surface area (Å²) < 4.78 is 20.2. The first kappa shape index (κ1) is 11.5. The molecule has 0 amide bonds. The monoisotopic (exact) mass is 259 g/mol. The molecular weight excluding hydrogens is 249 g/mol. The first-order valence-corrected chi connectivity index (χ1v) is 5.69. The van der Waals surface area contributed by atoms with Crippen LogP contribution in [0, 0.1) is 5.82 Å². The Morgan fingerprint density at radius 3 is 2.95 bits per heavy atom. The van der Waals surface area contributed by atoms with Gasteiger partial charge in [-0.15, -0.1) is 0 Å². The van der Waals surface area contributed by atoms with E-state index in [1.807, 2.05) is 6.07 Å². The molecule has 5 heteroatoms. The smallest absolute Gasteiger partial charge is 0.339 e. The number of benzene rings is 1. The average Bonchev–Trinajstić information content (AvgIpc) is 2.97. The van der Waals surface area contributed by atoms with Crippen LogP contribution in [0.2, 0.25) is 0 Å². The number of aromatic carboxylic acids is 1. The van der Waals surface area contributed by atoms with Crippen molar-refractivity contribution < 1.29 is 18.7 Å². The van der Waals surface area contributed by atoms with E-state index in [4.69, 9.17) is 9.52 Å². The fraction of sp³-hybridized carbons (Fsp3) is 0.0714. The van der Waals surface area contributed by atoms with Gasteiger partial charge in [0.2, 0.25) is 0 Å². The predicted molar refractivity (Wildman–Crippen MR) is 66.7 cm³/mol. The molecule has 1 aromatic carbocycles. The molecule has 0 saturated heterocycles. The Morgan fingerprint density at radius 1 is 1.32 bits per heavy atom. The van der Waals surface area contributed by atoms with Crippen molar-refractivity contribution in [3.63, 3.8) is 0 Å². The Bertz CT molecular complexity index is 757. The van der Waals surface area contributed by atoms with E-state index in [-0.39, 0.29) is 17.9 Å². The molecule has 1 N–H and O–H groups in total. The number of carbonyl (C=O) groups is 1. The third-order valence-electron chi connectivity index (χ3n) is 3.03. The van der Waals surface area contributed by atoms with Crippen molar-refractivity contribution >= 4 is 16.9 Å².